The van der Waals surface area contributed by atoms with Gasteiger partial charge < -0.3 is 15.5 Å². The average molecular weight is 223 g/mol. The molecule has 1 aliphatic heterocycles. The number of oxazole rings is 1. The van der Waals surface area contributed by atoms with Crippen LogP contribution >= 0.6 is 0 Å². The van der Waals surface area contributed by atoms with Gasteiger partial charge in [-0.3, -0.25) is 0 Å². The van der Waals surface area contributed by atoms with Crippen LogP contribution in [0.2, 0.25) is 0 Å². The Kier molecular flexibility index (Phi) is 4.36. The summed E-state index contributed by atoms with van der Waals surface area (Å²) in [5, 5.41) is 3.37. The van der Waals surface area contributed by atoms with Crippen molar-refractivity contribution in [3.63, 3.8) is 0 Å². The maximum Gasteiger partial charge on any atom is 0.194 e. The zero-order valence-electron chi connectivity index (χ0n) is 9.74. The fourth-order valence-electron chi connectivity index (χ4n) is 2.17. The fraction of sp³-hybridized carbons (Fsp3) is 0.750. The quantitative estimate of drug-likeness (QED) is 0.785. The van der Waals surface area contributed by atoms with Crippen LogP contribution in [0.1, 0.15) is 30.8 Å². The highest BCUT2D eigenvalue weighted by atomic mass is 16.3. The number of hydrogen-bond donors (Lipinski definition) is 2. The first-order chi connectivity index (χ1) is 7.88. The van der Waals surface area contributed by atoms with Crippen LogP contribution in [0.4, 0.5) is 0 Å². The third-order valence-electron chi connectivity index (χ3n) is 3.16. The number of rotatable bonds is 5. The highest BCUT2D eigenvalue weighted by molar-refractivity contribution is 4.97. The number of nitrogens with zero attached hydrogens (tertiary/aromatic N) is 1. The van der Waals surface area contributed by atoms with Gasteiger partial charge in [-0.05, 0) is 51.2 Å². The number of nitrogens with one attached hydrogen (secondary N) is 1. The van der Waals surface area contributed by atoms with E-state index in [1.165, 1.54) is 12.8 Å². The molecule has 3 N–H and O–H groups in total. The van der Waals surface area contributed by atoms with Gasteiger partial charge in [0, 0.05) is 6.42 Å². The minimum Gasteiger partial charge on any atom is -0.449 e. The molecule has 0 aliphatic carbocycles. The Morgan fingerprint density at radius 3 is 3.00 bits per heavy atom. The van der Waals surface area contributed by atoms with E-state index >= 15 is 0 Å². The molecule has 0 unspecified atom stereocenters. The predicted molar refractivity (Wildman–Crippen MR) is 63.2 cm³/mol. The highest BCUT2D eigenvalue weighted by Gasteiger charge is 2.16. The molecular formula is C12H21N3O. The lowest BCUT2D eigenvalue weighted by Crippen LogP contribution is -2.28. The molecule has 1 aromatic heterocycles. The van der Waals surface area contributed by atoms with E-state index in [1.807, 2.05) is 0 Å². The summed E-state index contributed by atoms with van der Waals surface area (Å²) in [6.45, 7) is 2.98. The van der Waals surface area contributed by atoms with Gasteiger partial charge in [-0.15, -0.1) is 0 Å². The molecule has 90 valence electrons. The second-order valence-corrected chi connectivity index (χ2v) is 4.52. The third kappa shape index (κ3) is 3.32. The first-order valence-corrected chi connectivity index (χ1v) is 6.22. The molecule has 0 spiro atoms. The molecule has 4 nitrogen and oxygen atoms in total. The average Bonchev–Trinajstić information content (AvgIpc) is 2.75. The Balaban J connectivity index is 1.81. The third-order valence-corrected chi connectivity index (χ3v) is 3.16. The zero-order chi connectivity index (χ0) is 11.2. The standard InChI is InChI=1S/C12H21N3O/c13-5-1-2-11-9-16-12(15-11)8-10-3-6-14-7-4-10/h9-10,14H,1-8,13H2. The smallest absolute Gasteiger partial charge is 0.194 e. The second kappa shape index (κ2) is 6.01. The Bertz CT molecular complexity index is 305. The Hall–Kier alpha value is -0.870. The number of nitrogens with two attached hydrogens (primary N) is 1. The van der Waals surface area contributed by atoms with Crippen molar-refractivity contribution < 1.29 is 4.42 Å². The van der Waals surface area contributed by atoms with Crippen molar-refractivity contribution in [2.45, 2.75) is 32.1 Å². The molecule has 0 aromatic carbocycles. The van der Waals surface area contributed by atoms with Gasteiger partial charge >= 0.3 is 0 Å². The molecule has 0 bridgehead atoms. The first-order valence-electron chi connectivity index (χ1n) is 6.22. The maximum absolute atomic E-state index is 5.49. The summed E-state index contributed by atoms with van der Waals surface area (Å²) in [6, 6.07) is 0. The van der Waals surface area contributed by atoms with E-state index in [2.05, 4.69) is 10.3 Å². The number of aryl methyl sites for hydroxylation is 1. The number of piperidine rings is 1. The summed E-state index contributed by atoms with van der Waals surface area (Å²) in [5.41, 5.74) is 6.52. The van der Waals surface area contributed by atoms with Crippen molar-refractivity contribution in [3.8, 4) is 0 Å². The summed E-state index contributed by atoms with van der Waals surface area (Å²) in [5.74, 6) is 1.64. The molecule has 2 rings (SSSR count). The van der Waals surface area contributed by atoms with Gasteiger partial charge in [0.25, 0.3) is 0 Å². The number of aromatic nitrogens is 1. The lowest BCUT2D eigenvalue weighted by atomic mass is 9.95. The molecule has 1 aromatic rings. The minimum atomic E-state index is 0.719. The lowest BCUT2D eigenvalue weighted by Gasteiger charge is -2.20. The van der Waals surface area contributed by atoms with E-state index < -0.39 is 0 Å². The second-order valence-electron chi connectivity index (χ2n) is 4.52. The van der Waals surface area contributed by atoms with Crippen LogP contribution in [0, 0.1) is 5.92 Å². The molecule has 4 heteroatoms. The predicted octanol–water partition coefficient (Wildman–Crippen LogP) is 1.11. The van der Waals surface area contributed by atoms with Crippen molar-refractivity contribution in [1.29, 1.82) is 0 Å². The molecule has 0 amide bonds. The molecular weight excluding hydrogens is 202 g/mol. The van der Waals surface area contributed by atoms with Crippen LogP contribution in [-0.4, -0.2) is 24.6 Å². The highest BCUT2D eigenvalue weighted by Crippen LogP contribution is 2.17. The maximum atomic E-state index is 5.49. The molecule has 0 atom stereocenters. The van der Waals surface area contributed by atoms with Gasteiger partial charge in [0.2, 0.25) is 0 Å². The van der Waals surface area contributed by atoms with Gasteiger partial charge in [0.1, 0.15) is 6.26 Å². The SMILES string of the molecule is NCCCc1coc(CC2CCNCC2)n1. The van der Waals surface area contributed by atoms with Crippen molar-refractivity contribution in [1.82, 2.24) is 10.3 Å². The van der Waals surface area contributed by atoms with Crippen molar-refractivity contribution >= 4 is 0 Å². The fourth-order valence-corrected chi connectivity index (χ4v) is 2.17. The van der Waals surface area contributed by atoms with Crippen LogP contribution in [-0.2, 0) is 12.8 Å². The van der Waals surface area contributed by atoms with E-state index in [0.29, 0.717) is 0 Å². The molecule has 2 heterocycles. The van der Waals surface area contributed by atoms with E-state index in [4.69, 9.17) is 10.2 Å². The zero-order valence-corrected chi connectivity index (χ0v) is 9.74. The Labute approximate surface area is 96.6 Å². The summed E-state index contributed by atoms with van der Waals surface area (Å²) in [6.07, 6.45) is 7.17. The molecule has 16 heavy (non-hydrogen) atoms. The summed E-state index contributed by atoms with van der Waals surface area (Å²) < 4.78 is 5.49. The Morgan fingerprint density at radius 2 is 2.25 bits per heavy atom. The van der Waals surface area contributed by atoms with E-state index in [-0.39, 0.29) is 0 Å². The largest absolute Gasteiger partial charge is 0.449 e. The minimum absolute atomic E-state index is 0.719. The molecule has 0 radical (unpaired) electrons. The lowest BCUT2D eigenvalue weighted by molar-refractivity contribution is 0.341. The summed E-state index contributed by atoms with van der Waals surface area (Å²) in [7, 11) is 0. The van der Waals surface area contributed by atoms with E-state index in [9.17, 15) is 0 Å². The van der Waals surface area contributed by atoms with Crippen molar-refractivity contribution in [2.75, 3.05) is 19.6 Å². The molecule has 1 fully saturated rings. The van der Waals surface area contributed by atoms with Crippen LogP contribution in [0.5, 0.6) is 0 Å². The first kappa shape index (κ1) is 11.6. The number of hydrogen-bond acceptors (Lipinski definition) is 4. The van der Waals surface area contributed by atoms with Crippen LogP contribution in [0.25, 0.3) is 0 Å². The Morgan fingerprint density at radius 1 is 1.44 bits per heavy atom. The molecule has 0 saturated carbocycles. The van der Waals surface area contributed by atoms with E-state index in [0.717, 1.165) is 56.4 Å². The van der Waals surface area contributed by atoms with Gasteiger partial charge in [0.05, 0.1) is 5.69 Å². The van der Waals surface area contributed by atoms with Gasteiger partial charge in [-0.25, -0.2) is 4.98 Å². The molecule has 1 aliphatic rings. The van der Waals surface area contributed by atoms with Crippen LogP contribution < -0.4 is 11.1 Å². The van der Waals surface area contributed by atoms with Gasteiger partial charge in [0.15, 0.2) is 5.89 Å². The van der Waals surface area contributed by atoms with Gasteiger partial charge in [-0.1, -0.05) is 0 Å². The van der Waals surface area contributed by atoms with E-state index in [1.54, 1.807) is 6.26 Å². The van der Waals surface area contributed by atoms with Crippen molar-refractivity contribution in [2.24, 2.45) is 11.7 Å². The van der Waals surface area contributed by atoms with Crippen molar-refractivity contribution in [3.05, 3.63) is 17.8 Å². The van der Waals surface area contributed by atoms with Gasteiger partial charge in [-0.2, -0.15) is 0 Å². The summed E-state index contributed by atoms with van der Waals surface area (Å²) >= 11 is 0. The van der Waals surface area contributed by atoms with Crippen LogP contribution in [0.15, 0.2) is 10.7 Å². The summed E-state index contributed by atoms with van der Waals surface area (Å²) in [4.78, 5) is 4.50. The van der Waals surface area contributed by atoms with Crippen LogP contribution in [0.3, 0.4) is 0 Å². The topological polar surface area (TPSA) is 64.1 Å². The molecule has 1 saturated heterocycles. The normalized spacial score (nSPS) is 17.8. The monoisotopic (exact) mass is 223 g/mol.